The second-order valence-corrected chi connectivity index (χ2v) is 7.76. The molecule has 0 radical (unpaired) electrons. The van der Waals surface area contributed by atoms with Gasteiger partial charge in [0.2, 0.25) is 5.60 Å². The maximum Gasteiger partial charge on any atom is 0.428 e. The number of amides is 1. The molecule has 2 N–H and O–H groups in total. The van der Waals surface area contributed by atoms with Gasteiger partial charge in [-0.25, -0.2) is 14.4 Å². The van der Waals surface area contributed by atoms with Gasteiger partial charge in [-0.15, -0.1) is 0 Å². The SMILES string of the molecule is CCn1c(C(O)(c2ccc(F)cc2)C(F)(F)F)nc2ccc(C(=O)Nc3cccc(C)c3)nc21. The molecular formula is C24H20F4N4O2. The summed E-state index contributed by atoms with van der Waals surface area (Å²) in [5.41, 5.74) is -2.62. The van der Waals surface area contributed by atoms with Crippen molar-refractivity contribution in [1.29, 1.82) is 0 Å². The van der Waals surface area contributed by atoms with E-state index < -0.39 is 34.9 Å². The van der Waals surface area contributed by atoms with E-state index in [4.69, 9.17) is 0 Å². The van der Waals surface area contributed by atoms with Crippen LogP contribution in [0.5, 0.6) is 0 Å². The van der Waals surface area contributed by atoms with Gasteiger partial charge < -0.3 is 15.0 Å². The van der Waals surface area contributed by atoms with Crippen molar-refractivity contribution in [2.75, 3.05) is 5.32 Å². The lowest BCUT2D eigenvalue weighted by Crippen LogP contribution is -2.45. The molecule has 0 aliphatic heterocycles. The van der Waals surface area contributed by atoms with Gasteiger partial charge >= 0.3 is 6.18 Å². The summed E-state index contributed by atoms with van der Waals surface area (Å²) in [5, 5.41) is 13.7. The maximum atomic E-state index is 14.2. The number of aryl methyl sites for hydroxylation is 2. The van der Waals surface area contributed by atoms with Crippen LogP contribution in [0.1, 0.15) is 34.4 Å². The second kappa shape index (κ2) is 8.53. The lowest BCUT2D eigenvalue weighted by molar-refractivity contribution is -0.252. The third-order valence-corrected chi connectivity index (χ3v) is 5.41. The molecule has 10 heteroatoms. The molecule has 1 unspecified atom stereocenters. The zero-order valence-electron chi connectivity index (χ0n) is 18.2. The van der Waals surface area contributed by atoms with Gasteiger partial charge in [0.1, 0.15) is 17.0 Å². The molecule has 6 nitrogen and oxygen atoms in total. The number of nitrogens with zero attached hydrogens (tertiary/aromatic N) is 3. The standard InChI is InChI=1S/C24H20F4N4O2/c1-3-32-20-18(11-12-19(30-20)21(33)29-17-6-4-5-14(2)13-17)31-22(32)23(34,24(26,27)28)15-7-9-16(25)10-8-15/h4-13,34H,3H2,1-2H3,(H,29,33). The van der Waals surface area contributed by atoms with E-state index >= 15 is 0 Å². The number of aliphatic hydroxyl groups is 1. The Morgan fingerprint density at radius 1 is 1.06 bits per heavy atom. The van der Waals surface area contributed by atoms with E-state index in [1.807, 2.05) is 13.0 Å². The third-order valence-electron chi connectivity index (χ3n) is 5.41. The first-order valence-corrected chi connectivity index (χ1v) is 10.4. The summed E-state index contributed by atoms with van der Waals surface area (Å²) >= 11 is 0. The Bertz CT molecular complexity index is 1370. The summed E-state index contributed by atoms with van der Waals surface area (Å²) < 4.78 is 57.1. The first-order chi connectivity index (χ1) is 16.0. The summed E-state index contributed by atoms with van der Waals surface area (Å²) in [6.07, 6.45) is -5.18. The zero-order valence-corrected chi connectivity index (χ0v) is 18.2. The van der Waals surface area contributed by atoms with Gasteiger partial charge in [-0.1, -0.05) is 24.3 Å². The van der Waals surface area contributed by atoms with Gasteiger partial charge in [0, 0.05) is 17.8 Å². The van der Waals surface area contributed by atoms with Crippen LogP contribution in [0, 0.1) is 12.7 Å². The van der Waals surface area contributed by atoms with E-state index in [1.54, 1.807) is 25.1 Å². The fraction of sp³-hybridized carbons (Fsp3) is 0.208. The molecule has 0 aliphatic carbocycles. The normalized spacial score (nSPS) is 13.6. The number of nitrogens with one attached hydrogen (secondary N) is 1. The molecule has 0 fully saturated rings. The smallest absolute Gasteiger partial charge is 0.370 e. The lowest BCUT2D eigenvalue weighted by atomic mass is 9.92. The number of rotatable bonds is 5. The number of aromatic nitrogens is 3. The van der Waals surface area contributed by atoms with Crippen molar-refractivity contribution in [1.82, 2.24) is 14.5 Å². The highest BCUT2D eigenvalue weighted by Gasteiger charge is 2.59. The molecule has 1 amide bonds. The number of hydrogen-bond acceptors (Lipinski definition) is 4. The Balaban J connectivity index is 1.82. The van der Waals surface area contributed by atoms with E-state index in [-0.39, 0.29) is 23.4 Å². The van der Waals surface area contributed by atoms with Crippen LogP contribution in [-0.4, -0.2) is 31.7 Å². The van der Waals surface area contributed by atoms with Gasteiger partial charge in [0.05, 0.1) is 0 Å². The van der Waals surface area contributed by atoms with Crippen molar-refractivity contribution in [2.24, 2.45) is 0 Å². The quantitative estimate of drug-likeness (QED) is 0.403. The van der Waals surface area contributed by atoms with E-state index in [0.717, 1.165) is 34.4 Å². The summed E-state index contributed by atoms with van der Waals surface area (Å²) in [7, 11) is 0. The number of imidazole rings is 1. The molecule has 1 atom stereocenters. The van der Waals surface area contributed by atoms with Crippen LogP contribution in [0.2, 0.25) is 0 Å². The highest BCUT2D eigenvalue weighted by molar-refractivity contribution is 6.03. The second-order valence-electron chi connectivity index (χ2n) is 7.76. The largest absolute Gasteiger partial charge is 0.428 e. The Kier molecular flexibility index (Phi) is 5.86. The fourth-order valence-electron chi connectivity index (χ4n) is 3.73. The predicted molar refractivity (Wildman–Crippen MR) is 118 cm³/mol. The minimum atomic E-state index is -5.18. The van der Waals surface area contributed by atoms with E-state index in [2.05, 4.69) is 15.3 Å². The zero-order chi connectivity index (χ0) is 24.7. The Labute approximate surface area is 191 Å². The summed E-state index contributed by atoms with van der Waals surface area (Å²) in [6, 6.07) is 13.2. The molecule has 0 saturated heterocycles. The summed E-state index contributed by atoms with van der Waals surface area (Å²) in [4.78, 5) is 21.0. The van der Waals surface area contributed by atoms with Gasteiger partial charge in [-0.05, 0) is 55.8 Å². The average Bonchev–Trinajstić information content (AvgIpc) is 3.16. The van der Waals surface area contributed by atoms with E-state index in [1.165, 1.54) is 12.1 Å². The number of anilines is 1. The number of carbonyl (C=O) groups is 1. The molecule has 2 aromatic heterocycles. The van der Waals surface area contributed by atoms with Crippen molar-refractivity contribution in [2.45, 2.75) is 32.2 Å². The topological polar surface area (TPSA) is 80.0 Å². The third kappa shape index (κ3) is 4.01. The van der Waals surface area contributed by atoms with Crippen LogP contribution >= 0.6 is 0 Å². The van der Waals surface area contributed by atoms with E-state index in [9.17, 15) is 27.5 Å². The number of carbonyl (C=O) groups excluding carboxylic acids is 1. The molecule has 0 aliphatic rings. The number of pyridine rings is 1. The fourth-order valence-corrected chi connectivity index (χ4v) is 3.73. The molecule has 34 heavy (non-hydrogen) atoms. The van der Waals surface area contributed by atoms with Crippen molar-refractivity contribution in [3.63, 3.8) is 0 Å². The molecule has 0 saturated carbocycles. The Morgan fingerprint density at radius 3 is 2.38 bits per heavy atom. The van der Waals surface area contributed by atoms with Gasteiger partial charge in [0.15, 0.2) is 11.5 Å². The predicted octanol–water partition coefficient (Wildman–Crippen LogP) is 4.95. The highest BCUT2D eigenvalue weighted by Crippen LogP contribution is 2.44. The Hall–Kier alpha value is -3.79. The lowest BCUT2D eigenvalue weighted by Gasteiger charge is -2.30. The minimum Gasteiger partial charge on any atom is -0.370 e. The molecule has 0 spiro atoms. The van der Waals surface area contributed by atoms with E-state index in [0.29, 0.717) is 5.69 Å². The van der Waals surface area contributed by atoms with Crippen LogP contribution in [0.25, 0.3) is 11.2 Å². The number of hydrogen-bond donors (Lipinski definition) is 2. The van der Waals surface area contributed by atoms with Crippen molar-refractivity contribution in [3.05, 3.63) is 89.1 Å². The van der Waals surface area contributed by atoms with Crippen molar-refractivity contribution < 1.29 is 27.5 Å². The number of alkyl halides is 3. The average molecular weight is 472 g/mol. The van der Waals surface area contributed by atoms with Gasteiger partial charge in [0.25, 0.3) is 5.91 Å². The van der Waals surface area contributed by atoms with Crippen LogP contribution in [0.4, 0.5) is 23.2 Å². The first kappa shape index (κ1) is 23.4. The number of halogens is 4. The monoisotopic (exact) mass is 472 g/mol. The molecule has 2 aromatic carbocycles. The first-order valence-electron chi connectivity index (χ1n) is 10.4. The molecule has 176 valence electrons. The summed E-state index contributed by atoms with van der Waals surface area (Å²) in [6.45, 7) is 3.40. The maximum absolute atomic E-state index is 14.2. The number of benzene rings is 2. The van der Waals surface area contributed by atoms with Crippen LogP contribution in [0.15, 0.2) is 60.7 Å². The van der Waals surface area contributed by atoms with Crippen molar-refractivity contribution in [3.8, 4) is 0 Å². The Morgan fingerprint density at radius 2 is 1.76 bits per heavy atom. The molecule has 2 heterocycles. The molecule has 4 aromatic rings. The van der Waals surface area contributed by atoms with Crippen LogP contribution in [0.3, 0.4) is 0 Å². The summed E-state index contributed by atoms with van der Waals surface area (Å²) in [5.74, 6) is -2.03. The van der Waals surface area contributed by atoms with Gasteiger partial charge in [-0.2, -0.15) is 13.2 Å². The molecule has 4 rings (SSSR count). The molecular weight excluding hydrogens is 452 g/mol. The molecule has 0 bridgehead atoms. The van der Waals surface area contributed by atoms with Crippen molar-refractivity contribution >= 4 is 22.8 Å². The number of fused-ring (bicyclic) bond motifs is 1. The van der Waals surface area contributed by atoms with Crippen LogP contribution < -0.4 is 5.32 Å². The minimum absolute atomic E-state index is 0.000760. The highest BCUT2D eigenvalue weighted by atomic mass is 19.4. The van der Waals surface area contributed by atoms with Crippen LogP contribution in [-0.2, 0) is 12.1 Å². The van der Waals surface area contributed by atoms with Gasteiger partial charge in [-0.3, -0.25) is 4.79 Å².